The minimum Gasteiger partial charge on any atom is -0.318 e. The summed E-state index contributed by atoms with van der Waals surface area (Å²) >= 11 is 0. The molecule has 0 radical (unpaired) electrons. The number of para-hydroxylation sites is 1. The van der Waals surface area contributed by atoms with E-state index in [4.69, 9.17) is 0 Å². The maximum absolute atomic E-state index is 13.1. The summed E-state index contributed by atoms with van der Waals surface area (Å²) in [5.74, 6) is 0. The number of anilines is 1. The molecular weight excluding hydrogens is 322 g/mol. The Bertz CT molecular complexity index is 973. The molecule has 4 heteroatoms. The first-order valence-corrected chi connectivity index (χ1v) is 8.95. The second-order valence-electron chi connectivity index (χ2n) is 6.96. The molecule has 2 amide bonds. The van der Waals surface area contributed by atoms with Crippen molar-refractivity contribution in [3.05, 3.63) is 83.2 Å². The maximum atomic E-state index is 13.1. The molecule has 1 atom stereocenters. The molecule has 0 saturated heterocycles. The van der Waals surface area contributed by atoms with Crippen LogP contribution < -0.4 is 5.32 Å². The van der Waals surface area contributed by atoms with Crippen LogP contribution in [0.1, 0.15) is 35.3 Å². The summed E-state index contributed by atoms with van der Waals surface area (Å²) in [6.07, 6.45) is 2.06. The second kappa shape index (κ2) is 6.37. The summed E-state index contributed by atoms with van der Waals surface area (Å²) in [5, 5.41) is 3.07. The highest BCUT2D eigenvalue weighted by Gasteiger charge is 2.28. The van der Waals surface area contributed by atoms with E-state index in [1.54, 1.807) is 0 Å². The number of aryl methyl sites for hydroxylation is 2. The van der Waals surface area contributed by atoms with E-state index in [0.717, 1.165) is 22.6 Å². The fourth-order valence-corrected chi connectivity index (χ4v) is 3.58. The summed E-state index contributed by atoms with van der Waals surface area (Å²) < 4.78 is 2.18. The van der Waals surface area contributed by atoms with Crippen molar-refractivity contribution in [2.75, 3.05) is 5.32 Å². The molecule has 1 unspecified atom stereocenters. The lowest BCUT2D eigenvalue weighted by Crippen LogP contribution is -2.36. The lowest BCUT2D eigenvalue weighted by Gasteiger charge is -2.27. The standard InChI is InChI=1S/C22H23N3O/c1-15-10-11-19(13-16(15)2)23-22(26)25-14-18-7-4-5-8-21(18)24-12-6-9-20(24)17(25)3/h4-13,17H,14H2,1-3H3,(H,23,26). The second-order valence-corrected chi connectivity index (χ2v) is 6.96. The average molecular weight is 345 g/mol. The van der Waals surface area contributed by atoms with Gasteiger partial charge in [0.1, 0.15) is 0 Å². The summed E-state index contributed by atoms with van der Waals surface area (Å²) in [6.45, 7) is 6.79. The molecule has 4 rings (SSSR count). The van der Waals surface area contributed by atoms with Gasteiger partial charge in [-0.15, -0.1) is 0 Å². The van der Waals surface area contributed by atoms with Gasteiger partial charge >= 0.3 is 6.03 Å². The summed E-state index contributed by atoms with van der Waals surface area (Å²) in [6, 6.07) is 18.3. The maximum Gasteiger partial charge on any atom is 0.322 e. The molecule has 1 aliphatic rings. The Balaban J connectivity index is 1.68. The molecule has 0 spiro atoms. The van der Waals surface area contributed by atoms with Crippen molar-refractivity contribution >= 4 is 11.7 Å². The Morgan fingerprint density at radius 1 is 1.04 bits per heavy atom. The Morgan fingerprint density at radius 3 is 2.65 bits per heavy atom. The van der Waals surface area contributed by atoms with Gasteiger partial charge in [-0.05, 0) is 67.8 Å². The van der Waals surface area contributed by atoms with Crippen LogP contribution in [0.5, 0.6) is 0 Å². The number of nitrogens with zero attached hydrogens (tertiary/aromatic N) is 2. The van der Waals surface area contributed by atoms with Crippen LogP contribution in [0.15, 0.2) is 60.8 Å². The molecule has 26 heavy (non-hydrogen) atoms. The van der Waals surface area contributed by atoms with Gasteiger partial charge in [0.2, 0.25) is 0 Å². The van der Waals surface area contributed by atoms with Crippen LogP contribution in [-0.4, -0.2) is 15.5 Å². The third kappa shape index (κ3) is 2.77. The van der Waals surface area contributed by atoms with Gasteiger partial charge in [-0.3, -0.25) is 0 Å². The third-order valence-corrected chi connectivity index (χ3v) is 5.29. The summed E-state index contributed by atoms with van der Waals surface area (Å²) in [5.41, 5.74) is 6.62. The van der Waals surface area contributed by atoms with Crippen LogP contribution in [0.4, 0.5) is 10.5 Å². The number of carbonyl (C=O) groups is 1. The predicted octanol–water partition coefficient (Wildman–Crippen LogP) is 5.20. The smallest absolute Gasteiger partial charge is 0.318 e. The number of rotatable bonds is 1. The van der Waals surface area contributed by atoms with Gasteiger partial charge in [-0.1, -0.05) is 24.3 Å². The van der Waals surface area contributed by atoms with Crippen molar-refractivity contribution in [2.24, 2.45) is 0 Å². The van der Waals surface area contributed by atoms with Crippen LogP contribution >= 0.6 is 0 Å². The fourth-order valence-electron chi connectivity index (χ4n) is 3.58. The van der Waals surface area contributed by atoms with Crippen LogP contribution in [0.25, 0.3) is 5.69 Å². The van der Waals surface area contributed by atoms with Crippen molar-refractivity contribution in [1.29, 1.82) is 0 Å². The molecule has 0 fully saturated rings. The van der Waals surface area contributed by atoms with Gasteiger partial charge in [0, 0.05) is 17.6 Å². The largest absolute Gasteiger partial charge is 0.322 e. The molecular formula is C22H23N3O. The van der Waals surface area contributed by atoms with Crippen molar-refractivity contribution in [3.63, 3.8) is 0 Å². The topological polar surface area (TPSA) is 37.3 Å². The van der Waals surface area contributed by atoms with E-state index in [1.165, 1.54) is 11.1 Å². The lowest BCUT2D eigenvalue weighted by molar-refractivity contribution is 0.189. The first-order chi connectivity index (χ1) is 12.5. The highest BCUT2D eigenvalue weighted by atomic mass is 16.2. The van der Waals surface area contributed by atoms with Gasteiger partial charge in [-0.2, -0.15) is 0 Å². The summed E-state index contributed by atoms with van der Waals surface area (Å²) in [4.78, 5) is 15.0. The predicted molar refractivity (Wildman–Crippen MR) is 105 cm³/mol. The Labute approximate surface area is 154 Å². The highest BCUT2D eigenvalue weighted by Crippen LogP contribution is 2.32. The molecule has 0 saturated carbocycles. The van der Waals surface area contributed by atoms with Crippen molar-refractivity contribution in [3.8, 4) is 5.69 Å². The average Bonchev–Trinajstić information content (AvgIpc) is 3.08. The molecule has 4 nitrogen and oxygen atoms in total. The Hall–Kier alpha value is -3.01. The van der Waals surface area contributed by atoms with Crippen LogP contribution in [-0.2, 0) is 6.54 Å². The van der Waals surface area contributed by atoms with Crippen molar-refractivity contribution in [2.45, 2.75) is 33.4 Å². The Kier molecular flexibility index (Phi) is 4.03. The number of carbonyl (C=O) groups excluding carboxylic acids is 1. The number of hydrogen-bond donors (Lipinski definition) is 1. The molecule has 3 aromatic rings. The van der Waals surface area contributed by atoms with Gasteiger partial charge in [0.05, 0.1) is 18.3 Å². The SMILES string of the molecule is Cc1ccc(NC(=O)N2Cc3ccccc3-n3cccc3C2C)cc1C. The van der Waals surface area contributed by atoms with Gasteiger partial charge < -0.3 is 14.8 Å². The van der Waals surface area contributed by atoms with Gasteiger partial charge in [0.25, 0.3) is 0 Å². The number of benzene rings is 2. The highest BCUT2D eigenvalue weighted by molar-refractivity contribution is 5.90. The Morgan fingerprint density at radius 2 is 1.85 bits per heavy atom. The minimum atomic E-state index is -0.0785. The molecule has 1 N–H and O–H groups in total. The quantitative estimate of drug-likeness (QED) is 0.646. The van der Waals surface area contributed by atoms with E-state index in [0.29, 0.717) is 6.54 Å². The van der Waals surface area contributed by atoms with Gasteiger partial charge in [0.15, 0.2) is 0 Å². The molecule has 2 heterocycles. The number of urea groups is 1. The summed E-state index contributed by atoms with van der Waals surface area (Å²) in [7, 11) is 0. The molecule has 132 valence electrons. The zero-order chi connectivity index (χ0) is 18.3. The van der Waals surface area contributed by atoms with Crippen LogP contribution in [0.2, 0.25) is 0 Å². The number of aromatic nitrogens is 1. The third-order valence-electron chi connectivity index (χ3n) is 5.29. The zero-order valence-electron chi connectivity index (χ0n) is 15.4. The first-order valence-electron chi connectivity index (χ1n) is 8.95. The minimum absolute atomic E-state index is 0.0241. The first kappa shape index (κ1) is 16.5. The number of amides is 2. The number of fused-ring (bicyclic) bond motifs is 3. The zero-order valence-corrected chi connectivity index (χ0v) is 15.4. The molecule has 1 aromatic heterocycles. The monoisotopic (exact) mass is 345 g/mol. The van der Waals surface area contributed by atoms with Crippen LogP contribution in [0.3, 0.4) is 0 Å². The molecule has 2 aromatic carbocycles. The normalized spacial score (nSPS) is 15.8. The van der Waals surface area contributed by atoms with E-state index in [-0.39, 0.29) is 12.1 Å². The molecule has 0 aliphatic carbocycles. The van der Waals surface area contributed by atoms with Crippen molar-refractivity contribution in [1.82, 2.24) is 9.47 Å². The number of hydrogen-bond acceptors (Lipinski definition) is 1. The van der Waals surface area contributed by atoms with Crippen molar-refractivity contribution < 1.29 is 4.79 Å². The lowest BCUT2D eigenvalue weighted by atomic mass is 10.1. The van der Waals surface area contributed by atoms with E-state index < -0.39 is 0 Å². The van der Waals surface area contributed by atoms with E-state index >= 15 is 0 Å². The van der Waals surface area contributed by atoms with Gasteiger partial charge in [-0.25, -0.2) is 4.79 Å². The van der Waals surface area contributed by atoms with Crippen LogP contribution in [0, 0.1) is 13.8 Å². The molecule has 1 aliphatic heterocycles. The fraction of sp³-hybridized carbons (Fsp3) is 0.227. The van der Waals surface area contributed by atoms with E-state index in [1.807, 2.05) is 41.3 Å². The van der Waals surface area contributed by atoms with E-state index in [9.17, 15) is 4.79 Å². The van der Waals surface area contributed by atoms with E-state index in [2.05, 4.69) is 55.1 Å². The number of nitrogens with one attached hydrogen (secondary N) is 1. The molecule has 0 bridgehead atoms.